The number of Topliss-reactive ketones (excluding diaryl/α,β-unsaturated/α-hetero) is 1. The highest BCUT2D eigenvalue weighted by atomic mass is 16.1. The van der Waals surface area contributed by atoms with Crippen molar-refractivity contribution in [3.05, 3.63) is 53.7 Å². The van der Waals surface area contributed by atoms with Crippen molar-refractivity contribution in [3.63, 3.8) is 0 Å². The topological polar surface area (TPSA) is 53.8 Å². The number of hydrogen-bond donors (Lipinski definition) is 0. The van der Waals surface area contributed by atoms with Crippen molar-refractivity contribution < 1.29 is 4.79 Å². The van der Waals surface area contributed by atoms with Gasteiger partial charge in [0.2, 0.25) is 0 Å². The second-order valence-electron chi connectivity index (χ2n) is 3.66. The van der Waals surface area contributed by atoms with Gasteiger partial charge < -0.3 is 0 Å². The molecule has 0 fully saturated rings. The summed E-state index contributed by atoms with van der Waals surface area (Å²) in [5.74, 6) is 0.0169. The van der Waals surface area contributed by atoms with E-state index in [4.69, 9.17) is 5.26 Å². The normalized spacial score (nSPS) is 9.65. The van der Waals surface area contributed by atoms with E-state index in [0.717, 1.165) is 5.56 Å². The Bertz CT molecular complexity index is 612. The van der Waals surface area contributed by atoms with Crippen LogP contribution in [0.3, 0.4) is 0 Å². The van der Waals surface area contributed by atoms with Crippen LogP contribution in [0.15, 0.2) is 42.5 Å². The SMILES string of the molecule is CC(=O)c1cccc(-c2cccc(C#N)n2)c1. The lowest BCUT2D eigenvalue weighted by Gasteiger charge is -2.02. The first kappa shape index (κ1) is 11.0. The molecule has 1 aromatic carbocycles. The largest absolute Gasteiger partial charge is 0.295 e. The van der Waals surface area contributed by atoms with Crippen molar-refractivity contribution in [1.82, 2.24) is 4.98 Å². The zero-order chi connectivity index (χ0) is 12.3. The van der Waals surface area contributed by atoms with Crippen molar-refractivity contribution >= 4 is 5.78 Å². The van der Waals surface area contributed by atoms with E-state index in [1.165, 1.54) is 6.92 Å². The Morgan fingerprint density at radius 3 is 2.71 bits per heavy atom. The molecule has 0 aliphatic carbocycles. The molecule has 82 valence electrons. The molecule has 0 bridgehead atoms. The van der Waals surface area contributed by atoms with Crippen molar-refractivity contribution in [1.29, 1.82) is 5.26 Å². The molecule has 0 saturated heterocycles. The first-order valence-corrected chi connectivity index (χ1v) is 5.19. The molecule has 0 atom stereocenters. The third-order valence-corrected chi connectivity index (χ3v) is 2.43. The summed E-state index contributed by atoms with van der Waals surface area (Å²) in [5, 5.41) is 8.79. The molecule has 0 aliphatic rings. The maximum absolute atomic E-state index is 11.3. The molecule has 2 aromatic rings. The highest BCUT2D eigenvalue weighted by Gasteiger charge is 2.04. The van der Waals surface area contributed by atoms with Crippen molar-refractivity contribution in [2.45, 2.75) is 6.92 Å². The second kappa shape index (κ2) is 4.58. The Hall–Kier alpha value is -2.47. The van der Waals surface area contributed by atoms with Gasteiger partial charge in [-0.25, -0.2) is 4.98 Å². The second-order valence-corrected chi connectivity index (χ2v) is 3.66. The fourth-order valence-electron chi connectivity index (χ4n) is 1.56. The van der Waals surface area contributed by atoms with Crippen LogP contribution in [0.2, 0.25) is 0 Å². The fraction of sp³-hybridized carbons (Fsp3) is 0.0714. The highest BCUT2D eigenvalue weighted by molar-refractivity contribution is 5.95. The van der Waals surface area contributed by atoms with Gasteiger partial charge in [-0.1, -0.05) is 24.3 Å². The van der Waals surface area contributed by atoms with Crippen molar-refractivity contribution in [2.24, 2.45) is 0 Å². The maximum Gasteiger partial charge on any atom is 0.159 e. The molecule has 1 heterocycles. The molecule has 0 radical (unpaired) electrons. The van der Waals surface area contributed by atoms with Gasteiger partial charge in [-0.05, 0) is 25.1 Å². The quantitative estimate of drug-likeness (QED) is 0.734. The molecule has 1 aromatic heterocycles. The van der Waals surface area contributed by atoms with Gasteiger partial charge in [0.1, 0.15) is 11.8 Å². The minimum Gasteiger partial charge on any atom is -0.295 e. The summed E-state index contributed by atoms with van der Waals surface area (Å²) in [7, 11) is 0. The first-order valence-electron chi connectivity index (χ1n) is 5.19. The lowest BCUT2D eigenvalue weighted by Crippen LogP contribution is -1.93. The first-order chi connectivity index (χ1) is 8.20. The lowest BCUT2D eigenvalue weighted by molar-refractivity contribution is 0.101. The van der Waals surface area contributed by atoms with E-state index < -0.39 is 0 Å². The molecule has 0 amide bonds. The van der Waals surface area contributed by atoms with E-state index in [1.807, 2.05) is 24.3 Å². The average molecular weight is 222 g/mol. The standard InChI is InChI=1S/C14H10N2O/c1-10(17)11-4-2-5-12(8-11)14-7-3-6-13(9-15)16-14/h2-8H,1H3. The third kappa shape index (κ3) is 2.37. The summed E-state index contributed by atoms with van der Waals surface area (Å²) >= 11 is 0. The zero-order valence-electron chi connectivity index (χ0n) is 9.34. The van der Waals surface area contributed by atoms with Crippen LogP contribution in [0, 0.1) is 11.3 Å². The Morgan fingerprint density at radius 2 is 2.00 bits per heavy atom. The third-order valence-electron chi connectivity index (χ3n) is 2.43. The van der Waals surface area contributed by atoms with Crippen LogP contribution < -0.4 is 0 Å². The predicted molar refractivity (Wildman–Crippen MR) is 64.4 cm³/mol. The van der Waals surface area contributed by atoms with Crippen molar-refractivity contribution in [2.75, 3.05) is 0 Å². The summed E-state index contributed by atoms with van der Waals surface area (Å²) in [5.41, 5.74) is 2.56. The molecule has 0 spiro atoms. The number of pyridine rings is 1. The number of nitrogens with zero attached hydrogens (tertiary/aromatic N) is 2. The van der Waals surface area contributed by atoms with Gasteiger partial charge in [-0.3, -0.25) is 4.79 Å². The highest BCUT2D eigenvalue weighted by Crippen LogP contribution is 2.18. The van der Waals surface area contributed by atoms with Crippen LogP contribution in [-0.2, 0) is 0 Å². The van der Waals surface area contributed by atoms with E-state index in [-0.39, 0.29) is 5.78 Å². The zero-order valence-corrected chi connectivity index (χ0v) is 9.34. The summed E-state index contributed by atoms with van der Waals surface area (Å²) < 4.78 is 0. The molecule has 0 unspecified atom stereocenters. The van der Waals surface area contributed by atoms with E-state index >= 15 is 0 Å². The summed E-state index contributed by atoms with van der Waals surface area (Å²) in [6.07, 6.45) is 0. The number of benzene rings is 1. The molecular formula is C14H10N2O. The summed E-state index contributed by atoms with van der Waals surface area (Å²) in [6, 6.07) is 14.5. The molecule has 0 aliphatic heterocycles. The summed E-state index contributed by atoms with van der Waals surface area (Å²) in [4.78, 5) is 15.5. The Kier molecular flexibility index (Phi) is 2.97. The van der Waals surface area contributed by atoms with Gasteiger partial charge in [0.05, 0.1) is 5.69 Å². The van der Waals surface area contributed by atoms with E-state index in [1.54, 1.807) is 24.3 Å². The maximum atomic E-state index is 11.3. The predicted octanol–water partition coefficient (Wildman–Crippen LogP) is 2.82. The average Bonchev–Trinajstić information content (AvgIpc) is 2.39. The monoisotopic (exact) mass is 222 g/mol. The molecule has 3 nitrogen and oxygen atoms in total. The Morgan fingerprint density at radius 1 is 1.24 bits per heavy atom. The van der Waals surface area contributed by atoms with Gasteiger partial charge in [-0.15, -0.1) is 0 Å². The Balaban J connectivity index is 2.49. The number of nitriles is 1. The van der Waals surface area contributed by atoms with Crippen molar-refractivity contribution in [3.8, 4) is 17.3 Å². The van der Waals surface area contributed by atoms with Crippen LogP contribution in [0.25, 0.3) is 11.3 Å². The van der Waals surface area contributed by atoms with Crippen LogP contribution in [0.5, 0.6) is 0 Å². The molecule has 3 heteroatoms. The van der Waals surface area contributed by atoms with Gasteiger partial charge in [0.15, 0.2) is 5.78 Å². The van der Waals surface area contributed by atoms with E-state index in [0.29, 0.717) is 17.0 Å². The minimum atomic E-state index is 0.0169. The van der Waals surface area contributed by atoms with Gasteiger partial charge in [0, 0.05) is 11.1 Å². The minimum absolute atomic E-state index is 0.0169. The van der Waals surface area contributed by atoms with Gasteiger partial charge >= 0.3 is 0 Å². The van der Waals surface area contributed by atoms with Crippen LogP contribution in [-0.4, -0.2) is 10.8 Å². The fourth-order valence-corrected chi connectivity index (χ4v) is 1.56. The van der Waals surface area contributed by atoms with Gasteiger partial charge in [0.25, 0.3) is 0 Å². The summed E-state index contributed by atoms with van der Waals surface area (Å²) in [6.45, 7) is 1.53. The lowest BCUT2D eigenvalue weighted by atomic mass is 10.1. The molecular weight excluding hydrogens is 212 g/mol. The molecule has 17 heavy (non-hydrogen) atoms. The smallest absolute Gasteiger partial charge is 0.159 e. The van der Waals surface area contributed by atoms with Gasteiger partial charge in [-0.2, -0.15) is 5.26 Å². The number of rotatable bonds is 2. The Labute approximate surface area is 99.4 Å². The number of carbonyl (C=O) groups is 1. The van der Waals surface area contributed by atoms with E-state index in [9.17, 15) is 4.79 Å². The number of ketones is 1. The van der Waals surface area contributed by atoms with Crippen LogP contribution in [0.4, 0.5) is 0 Å². The number of hydrogen-bond acceptors (Lipinski definition) is 3. The van der Waals surface area contributed by atoms with E-state index in [2.05, 4.69) is 4.98 Å². The van der Waals surface area contributed by atoms with Crippen LogP contribution >= 0.6 is 0 Å². The number of aromatic nitrogens is 1. The molecule has 2 rings (SSSR count). The molecule has 0 N–H and O–H groups in total. The van der Waals surface area contributed by atoms with Crippen LogP contribution in [0.1, 0.15) is 23.0 Å². The number of carbonyl (C=O) groups excluding carboxylic acids is 1. The molecule has 0 saturated carbocycles.